The molecule has 0 saturated carbocycles. The quantitative estimate of drug-likeness (QED) is 0.282. The number of fused-ring (bicyclic) bond motifs is 4. The van der Waals surface area contributed by atoms with Crippen LogP contribution in [0.1, 0.15) is 34.1 Å². The maximum Gasteiger partial charge on any atom is 0.281 e. The summed E-state index contributed by atoms with van der Waals surface area (Å²) in [6, 6.07) is 11.9. The number of nitrogens with zero attached hydrogens (tertiary/aromatic N) is 8. The fraction of sp³-hybridized carbons (Fsp3) is 0.276. The van der Waals surface area contributed by atoms with Gasteiger partial charge in [0.2, 0.25) is 5.91 Å². The van der Waals surface area contributed by atoms with E-state index in [0.29, 0.717) is 22.2 Å². The highest BCUT2D eigenvalue weighted by Crippen LogP contribution is 2.35. The number of hydrogen-bond donors (Lipinski definition) is 1. The van der Waals surface area contributed by atoms with E-state index in [-0.39, 0.29) is 17.2 Å². The van der Waals surface area contributed by atoms with Crippen LogP contribution >= 0.6 is 23.1 Å². The number of benzene rings is 1. The Morgan fingerprint density at radius 3 is 2.69 bits per heavy atom. The number of amides is 1. The van der Waals surface area contributed by atoms with Gasteiger partial charge in [0.05, 0.1) is 27.9 Å². The van der Waals surface area contributed by atoms with Crippen LogP contribution in [-0.4, -0.2) is 50.8 Å². The lowest BCUT2D eigenvalue weighted by Crippen LogP contribution is -2.36. The zero-order chi connectivity index (χ0) is 29.1. The number of thioether (sulfide) groups is 1. The number of carbonyl (C=O) groups excluding carboxylic acids is 1. The van der Waals surface area contributed by atoms with Crippen molar-refractivity contribution in [3.63, 3.8) is 0 Å². The van der Waals surface area contributed by atoms with Crippen molar-refractivity contribution < 1.29 is 4.79 Å². The number of pyridine rings is 1. The first-order chi connectivity index (χ1) is 20.3. The van der Waals surface area contributed by atoms with Gasteiger partial charge < -0.3 is 4.57 Å². The molecule has 0 saturated heterocycles. The monoisotopic (exact) mass is 597 g/mol. The van der Waals surface area contributed by atoms with Crippen LogP contribution in [0, 0.1) is 20.8 Å². The van der Waals surface area contributed by atoms with E-state index in [2.05, 4.69) is 20.6 Å². The van der Waals surface area contributed by atoms with Gasteiger partial charge in [-0.3, -0.25) is 15.0 Å². The van der Waals surface area contributed by atoms with Crippen molar-refractivity contribution in [2.24, 2.45) is 7.05 Å². The molecule has 0 spiro atoms. The predicted molar refractivity (Wildman–Crippen MR) is 164 cm³/mol. The van der Waals surface area contributed by atoms with Gasteiger partial charge in [-0.15, -0.1) is 21.5 Å². The Kier molecular flexibility index (Phi) is 6.43. The van der Waals surface area contributed by atoms with Crippen molar-refractivity contribution in [2.75, 3.05) is 11.2 Å². The molecule has 5 aromatic heterocycles. The number of carbonyl (C=O) groups is 1. The molecule has 1 aliphatic rings. The molecule has 0 atom stereocenters. The maximum atomic E-state index is 13.3. The fourth-order valence-electron chi connectivity index (χ4n) is 5.58. The van der Waals surface area contributed by atoms with Gasteiger partial charge in [-0.05, 0) is 63.8 Å². The molecule has 0 bridgehead atoms. The van der Waals surface area contributed by atoms with Crippen molar-refractivity contribution in [3.05, 3.63) is 74.4 Å². The molecule has 13 heteroatoms. The average Bonchev–Trinajstić information content (AvgIpc) is 3.73. The first kappa shape index (κ1) is 26.5. The molecule has 1 aromatic carbocycles. The van der Waals surface area contributed by atoms with Crippen molar-refractivity contribution in [1.82, 2.24) is 39.2 Å². The molecule has 0 unspecified atom stereocenters. The smallest absolute Gasteiger partial charge is 0.281 e. The summed E-state index contributed by atoms with van der Waals surface area (Å²) in [5.41, 5.74) is 7.80. The van der Waals surface area contributed by atoms with Crippen LogP contribution in [0.15, 0.2) is 46.3 Å². The van der Waals surface area contributed by atoms with E-state index in [1.54, 1.807) is 18.3 Å². The Morgan fingerprint density at radius 2 is 1.88 bits per heavy atom. The van der Waals surface area contributed by atoms with Gasteiger partial charge in [-0.25, -0.2) is 19.3 Å². The van der Waals surface area contributed by atoms with E-state index < -0.39 is 0 Å². The van der Waals surface area contributed by atoms with E-state index in [1.165, 1.54) is 21.3 Å². The van der Waals surface area contributed by atoms with Crippen LogP contribution in [-0.2, 0) is 24.7 Å². The second kappa shape index (κ2) is 10.2. The topological polar surface area (TPSA) is 125 Å². The second-order valence-corrected chi connectivity index (χ2v) is 12.4. The highest BCUT2D eigenvalue weighted by Gasteiger charge is 2.24. The molecule has 11 nitrogen and oxygen atoms in total. The van der Waals surface area contributed by atoms with Gasteiger partial charge in [0, 0.05) is 23.2 Å². The molecule has 0 aliphatic heterocycles. The third kappa shape index (κ3) is 4.31. The van der Waals surface area contributed by atoms with Crippen LogP contribution in [0.25, 0.3) is 38.3 Å². The first-order valence-corrected chi connectivity index (χ1v) is 15.4. The predicted octanol–water partition coefficient (Wildman–Crippen LogP) is 4.26. The summed E-state index contributed by atoms with van der Waals surface area (Å²) < 4.78 is 4.98. The molecule has 1 aliphatic carbocycles. The van der Waals surface area contributed by atoms with E-state index >= 15 is 0 Å². The third-order valence-electron chi connectivity index (χ3n) is 7.49. The summed E-state index contributed by atoms with van der Waals surface area (Å²) in [5.74, 6) is 0.824. The number of rotatable bonds is 6. The number of hydrogen-bond acceptors (Lipinski definition) is 9. The molecule has 212 valence electrons. The lowest BCUT2D eigenvalue weighted by atomic mass is 10.1. The Labute approximate surface area is 248 Å². The Morgan fingerprint density at radius 1 is 1.07 bits per heavy atom. The summed E-state index contributed by atoms with van der Waals surface area (Å²) >= 11 is 2.84. The average molecular weight is 598 g/mol. The van der Waals surface area contributed by atoms with Crippen LogP contribution in [0.5, 0.6) is 0 Å². The lowest BCUT2D eigenvalue weighted by Gasteiger charge is -2.11. The molecular weight excluding hydrogens is 571 g/mol. The molecule has 1 amide bonds. The molecule has 42 heavy (non-hydrogen) atoms. The molecule has 5 heterocycles. The van der Waals surface area contributed by atoms with Gasteiger partial charge in [0.1, 0.15) is 10.7 Å². The number of aromatic nitrogens is 8. The number of nitrogens with one attached hydrogen (secondary N) is 1. The van der Waals surface area contributed by atoms with E-state index in [4.69, 9.17) is 10.1 Å². The first-order valence-electron chi connectivity index (χ1n) is 13.6. The van der Waals surface area contributed by atoms with Gasteiger partial charge in [0.15, 0.2) is 16.6 Å². The molecular formula is C29H27N9O2S2. The highest BCUT2D eigenvalue weighted by atomic mass is 32.2. The SMILES string of the molecule is Cc1cc(-c2nnc(SCC(=O)Nn3c(C)nc4sc5c(c4c3=O)CCC5)n2C)c2c(C)nn(-c3ccccc3)c2n1. The molecule has 6 aromatic rings. The molecule has 0 fully saturated rings. The Bertz CT molecular complexity index is 2090. The number of aryl methyl sites for hydroxylation is 5. The van der Waals surface area contributed by atoms with Crippen molar-refractivity contribution in [2.45, 2.75) is 45.2 Å². The third-order valence-corrected chi connectivity index (χ3v) is 9.70. The zero-order valence-electron chi connectivity index (χ0n) is 23.5. The number of thiophene rings is 1. The fourth-order valence-corrected chi connectivity index (χ4v) is 7.58. The van der Waals surface area contributed by atoms with Gasteiger partial charge in [-0.1, -0.05) is 30.0 Å². The molecule has 0 radical (unpaired) electrons. The minimum Gasteiger partial charge on any atom is -0.305 e. The summed E-state index contributed by atoms with van der Waals surface area (Å²) in [5, 5.41) is 15.7. The molecule has 7 rings (SSSR count). The molecule has 1 N–H and O–H groups in total. The standard InChI is InChI=1S/C29H27N9O2S2/c1-15-13-20(23-16(2)34-38(26(23)30-15)18-9-6-5-7-10-18)25-32-33-29(36(25)4)41-14-22(39)35-37-17(3)31-27-24(28(37)40)19-11-8-12-21(19)42-27/h5-7,9-10,13H,8,11-12,14H2,1-4H3,(H,35,39). The van der Waals surface area contributed by atoms with Gasteiger partial charge in [0.25, 0.3) is 5.56 Å². The van der Waals surface area contributed by atoms with Crippen LogP contribution in [0.3, 0.4) is 0 Å². The minimum absolute atomic E-state index is 0.0490. The van der Waals surface area contributed by atoms with Crippen molar-refractivity contribution in [3.8, 4) is 17.1 Å². The van der Waals surface area contributed by atoms with Crippen LogP contribution in [0.4, 0.5) is 0 Å². The largest absolute Gasteiger partial charge is 0.305 e. The highest BCUT2D eigenvalue weighted by molar-refractivity contribution is 7.99. The van der Waals surface area contributed by atoms with E-state index in [1.807, 2.05) is 66.5 Å². The summed E-state index contributed by atoms with van der Waals surface area (Å²) in [6.45, 7) is 5.63. The van der Waals surface area contributed by atoms with Crippen molar-refractivity contribution >= 4 is 50.3 Å². The summed E-state index contributed by atoms with van der Waals surface area (Å²) in [4.78, 5) is 37.7. The minimum atomic E-state index is -0.329. The van der Waals surface area contributed by atoms with Gasteiger partial charge in [-0.2, -0.15) is 5.10 Å². The Balaban J connectivity index is 1.15. The van der Waals surface area contributed by atoms with Crippen molar-refractivity contribution in [1.29, 1.82) is 0 Å². The normalized spacial score (nSPS) is 12.9. The lowest BCUT2D eigenvalue weighted by molar-refractivity contribution is -0.114. The maximum absolute atomic E-state index is 13.3. The number of para-hydroxylation sites is 1. The zero-order valence-corrected chi connectivity index (χ0v) is 25.1. The Hall–Kier alpha value is -4.36. The van der Waals surface area contributed by atoms with Crippen LogP contribution in [0.2, 0.25) is 0 Å². The van der Waals surface area contributed by atoms with Gasteiger partial charge >= 0.3 is 0 Å². The van der Waals surface area contributed by atoms with E-state index in [0.717, 1.165) is 63.3 Å². The summed E-state index contributed by atoms with van der Waals surface area (Å²) in [6.07, 6.45) is 2.91. The van der Waals surface area contributed by atoms with E-state index in [9.17, 15) is 9.59 Å². The second-order valence-electron chi connectivity index (χ2n) is 10.4. The summed E-state index contributed by atoms with van der Waals surface area (Å²) in [7, 11) is 1.87. The van der Waals surface area contributed by atoms with Crippen LogP contribution < -0.4 is 11.0 Å².